The third kappa shape index (κ3) is 1.28. The van der Waals surface area contributed by atoms with Crippen molar-refractivity contribution in [3.05, 3.63) is 29.3 Å². The van der Waals surface area contributed by atoms with Crippen molar-refractivity contribution in [2.75, 3.05) is 0 Å². The number of ether oxygens (including phenoxy) is 2. The summed E-state index contributed by atoms with van der Waals surface area (Å²) in [6, 6.07) is 6.43. The van der Waals surface area contributed by atoms with E-state index in [4.69, 9.17) is 9.47 Å². The van der Waals surface area contributed by atoms with Crippen molar-refractivity contribution in [3.63, 3.8) is 0 Å². The van der Waals surface area contributed by atoms with Crippen LogP contribution < -0.4 is 4.74 Å². The first-order valence-corrected chi connectivity index (χ1v) is 5.59. The van der Waals surface area contributed by atoms with Gasteiger partial charge in [-0.3, -0.25) is 0 Å². The van der Waals surface area contributed by atoms with Gasteiger partial charge in [-0.1, -0.05) is 13.0 Å². The smallest absolute Gasteiger partial charge is 0.132 e. The van der Waals surface area contributed by atoms with Gasteiger partial charge in [-0.25, -0.2) is 0 Å². The zero-order chi connectivity index (χ0) is 10.6. The highest BCUT2D eigenvalue weighted by Crippen LogP contribution is 2.53. The second-order valence-corrected chi connectivity index (χ2v) is 4.91. The zero-order valence-corrected chi connectivity index (χ0v) is 9.41. The van der Waals surface area contributed by atoms with Gasteiger partial charge in [-0.2, -0.15) is 0 Å². The van der Waals surface area contributed by atoms with Crippen LogP contribution in [0.15, 0.2) is 18.2 Å². The lowest BCUT2D eigenvalue weighted by molar-refractivity contribution is 0.0725. The summed E-state index contributed by atoms with van der Waals surface area (Å²) in [5.74, 6) is 0.996. The molecule has 1 aromatic carbocycles. The summed E-state index contributed by atoms with van der Waals surface area (Å²) >= 11 is 0. The van der Waals surface area contributed by atoms with E-state index < -0.39 is 0 Å². The van der Waals surface area contributed by atoms with E-state index in [0.717, 1.165) is 12.2 Å². The summed E-state index contributed by atoms with van der Waals surface area (Å²) in [4.78, 5) is 0. The molecule has 2 atom stereocenters. The Kier molecular flexibility index (Phi) is 1.70. The lowest BCUT2D eigenvalue weighted by Gasteiger charge is -2.29. The molecule has 0 N–H and O–H groups in total. The minimum absolute atomic E-state index is 0.175. The molecule has 2 aliphatic rings. The molecular formula is C13H16O2. The second kappa shape index (κ2) is 2.76. The normalized spacial score (nSPS) is 30.1. The van der Waals surface area contributed by atoms with E-state index in [2.05, 4.69) is 39.0 Å². The molecule has 15 heavy (non-hydrogen) atoms. The predicted octanol–water partition coefficient (Wildman–Crippen LogP) is 2.86. The van der Waals surface area contributed by atoms with E-state index in [-0.39, 0.29) is 17.8 Å². The minimum Gasteiger partial charge on any atom is -0.485 e. The molecule has 0 aliphatic carbocycles. The van der Waals surface area contributed by atoms with Gasteiger partial charge < -0.3 is 9.47 Å². The van der Waals surface area contributed by atoms with Crippen LogP contribution in [0.2, 0.25) is 0 Å². The average molecular weight is 204 g/mol. The molecule has 0 saturated carbocycles. The van der Waals surface area contributed by atoms with E-state index in [9.17, 15) is 0 Å². The van der Waals surface area contributed by atoms with Gasteiger partial charge in [0, 0.05) is 5.56 Å². The van der Waals surface area contributed by atoms with Gasteiger partial charge in [-0.15, -0.1) is 0 Å². The molecule has 2 nitrogen and oxygen atoms in total. The highest BCUT2D eigenvalue weighted by atomic mass is 16.6. The Morgan fingerprint density at radius 2 is 2.13 bits per heavy atom. The molecule has 0 radical (unpaired) electrons. The highest BCUT2D eigenvalue weighted by Gasteiger charge is 2.56. The van der Waals surface area contributed by atoms with Crippen LogP contribution in [0.3, 0.4) is 0 Å². The molecule has 0 unspecified atom stereocenters. The largest absolute Gasteiger partial charge is 0.485 e. The predicted molar refractivity (Wildman–Crippen MR) is 58.1 cm³/mol. The Morgan fingerprint density at radius 3 is 2.87 bits per heavy atom. The van der Waals surface area contributed by atoms with E-state index in [0.29, 0.717) is 0 Å². The van der Waals surface area contributed by atoms with Gasteiger partial charge in [0.1, 0.15) is 23.6 Å². The van der Waals surface area contributed by atoms with Crippen LogP contribution in [-0.4, -0.2) is 11.7 Å². The van der Waals surface area contributed by atoms with Crippen LogP contribution in [0.5, 0.6) is 5.75 Å². The maximum Gasteiger partial charge on any atom is 0.132 e. The molecule has 0 spiro atoms. The molecule has 0 bridgehead atoms. The number of hydrogen-bond acceptors (Lipinski definition) is 2. The zero-order valence-electron chi connectivity index (χ0n) is 9.41. The third-order valence-electron chi connectivity index (χ3n) is 3.34. The highest BCUT2D eigenvalue weighted by molar-refractivity contribution is 5.44. The van der Waals surface area contributed by atoms with Crippen molar-refractivity contribution in [1.82, 2.24) is 0 Å². The first-order chi connectivity index (χ1) is 7.12. The lowest BCUT2D eigenvalue weighted by atomic mass is 9.93. The Bertz CT molecular complexity index is 409. The maximum atomic E-state index is 5.95. The molecule has 1 fully saturated rings. The number of rotatable bonds is 1. The molecule has 2 aliphatic heterocycles. The molecule has 1 saturated heterocycles. The molecule has 80 valence electrons. The van der Waals surface area contributed by atoms with Gasteiger partial charge in [0.15, 0.2) is 0 Å². The van der Waals surface area contributed by atoms with Crippen molar-refractivity contribution in [1.29, 1.82) is 0 Å². The summed E-state index contributed by atoms with van der Waals surface area (Å²) in [6.45, 7) is 6.35. The number of hydrogen-bond donors (Lipinski definition) is 0. The third-order valence-corrected chi connectivity index (χ3v) is 3.34. The van der Waals surface area contributed by atoms with Gasteiger partial charge in [-0.05, 0) is 38.0 Å². The van der Waals surface area contributed by atoms with Gasteiger partial charge in [0.25, 0.3) is 0 Å². The van der Waals surface area contributed by atoms with Gasteiger partial charge in [0.2, 0.25) is 0 Å². The Balaban J connectivity index is 2.05. The maximum absolute atomic E-state index is 5.95. The van der Waals surface area contributed by atoms with Gasteiger partial charge >= 0.3 is 0 Å². The standard InChI is InChI=1S/C13H16O2/c1-4-8-5-6-10-9(7-8)11-12(14-11)13(2,3)15-10/h5-7,11-12H,4H2,1-3H3/t11-,12-/m1/s1. The fraction of sp³-hybridized carbons (Fsp3) is 0.538. The van der Waals surface area contributed by atoms with Crippen molar-refractivity contribution in [3.8, 4) is 5.75 Å². The molecule has 0 aromatic heterocycles. The topological polar surface area (TPSA) is 21.8 Å². The number of fused-ring (bicyclic) bond motifs is 3. The molecule has 1 aromatic rings. The summed E-state index contributed by atoms with van der Waals surface area (Å²) in [6.07, 6.45) is 1.58. The first kappa shape index (κ1) is 9.22. The molecule has 3 rings (SSSR count). The van der Waals surface area contributed by atoms with Crippen molar-refractivity contribution in [2.45, 2.75) is 45.0 Å². The number of aryl methyl sites for hydroxylation is 1. The summed E-state index contributed by atoms with van der Waals surface area (Å²) < 4.78 is 11.6. The van der Waals surface area contributed by atoms with Crippen LogP contribution >= 0.6 is 0 Å². The van der Waals surface area contributed by atoms with Crippen molar-refractivity contribution in [2.24, 2.45) is 0 Å². The van der Waals surface area contributed by atoms with Crippen LogP contribution in [0.1, 0.15) is 38.0 Å². The lowest BCUT2D eigenvalue weighted by Crippen LogP contribution is -2.37. The van der Waals surface area contributed by atoms with E-state index >= 15 is 0 Å². The Hall–Kier alpha value is -1.02. The van der Waals surface area contributed by atoms with Gasteiger partial charge in [0.05, 0.1) is 0 Å². The Morgan fingerprint density at radius 1 is 1.33 bits per heavy atom. The number of benzene rings is 1. The minimum atomic E-state index is -0.175. The SMILES string of the molecule is CCc1ccc2c(c1)[C@H]1O[C@H]1C(C)(C)O2. The van der Waals surface area contributed by atoms with E-state index in [1.54, 1.807) is 0 Å². The fourth-order valence-electron chi connectivity index (χ4n) is 2.35. The summed E-state index contributed by atoms with van der Waals surface area (Å²) in [5, 5.41) is 0. The summed E-state index contributed by atoms with van der Waals surface area (Å²) in [7, 11) is 0. The fourth-order valence-corrected chi connectivity index (χ4v) is 2.35. The molecule has 0 amide bonds. The van der Waals surface area contributed by atoms with Crippen molar-refractivity contribution >= 4 is 0 Å². The molecule has 2 heteroatoms. The quantitative estimate of drug-likeness (QED) is 0.656. The van der Waals surface area contributed by atoms with Crippen LogP contribution in [-0.2, 0) is 11.2 Å². The van der Waals surface area contributed by atoms with E-state index in [1.165, 1.54) is 11.1 Å². The van der Waals surface area contributed by atoms with Crippen LogP contribution in [0, 0.1) is 0 Å². The first-order valence-electron chi connectivity index (χ1n) is 5.59. The molecule has 2 heterocycles. The van der Waals surface area contributed by atoms with E-state index in [1.807, 2.05) is 0 Å². The van der Waals surface area contributed by atoms with Crippen LogP contribution in [0.4, 0.5) is 0 Å². The second-order valence-electron chi connectivity index (χ2n) is 4.91. The Labute approximate surface area is 90.2 Å². The molecular weight excluding hydrogens is 188 g/mol. The van der Waals surface area contributed by atoms with Crippen molar-refractivity contribution < 1.29 is 9.47 Å². The average Bonchev–Trinajstić information content (AvgIpc) is 2.97. The summed E-state index contributed by atoms with van der Waals surface area (Å²) in [5.41, 5.74) is 2.41. The van der Waals surface area contributed by atoms with Crippen LogP contribution in [0.25, 0.3) is 0 Å². The number of epoxide rings is 1. The monoisotopic (exact) mass is 204 g/mol.